The first-order valence-corrected chi connectivity index (χ1v) is 12.2. The van der Waals surface area contributed by atoms with Crippen molar-refractivity contribution < 1.29 is 19.4 Å². The van der Waals surface area contributed by atoms with E-state index in [2.05, 4.69) is 43.6 Å². The molecule has 2 aromatic carbocycles. The summed E-state index contributed by atoms with van der Waals surface area (Å²) in [7, 11) is 0. The van der Waals surface area contributed by atoms with E-state index in [9.17, 15) is 9.59 Å². The molecule has 33 heavy (non-hydrogen) atoms. The van der Waals surface area contributed by atoms with Crippen LogP contribution in [0.25, 0.3) is 10.9 Å². The average molecular weight is 628 g/mol. The summed E-state index contributed by atoms with van der Waals surface area (Å²) in [5.41, 5.74) is 1.04. The zero-order valence-electron chi connectivity index (χ0n) is 18.3. The molecule has 0 amide bonds. The van der Waals surface area contributed by atoms with Crippen LogP contribution in [0.15, 0.2) is 44.7 Å². The van der Waals surface area contributed by atoms with Gasteiger partial charge in [0.2, 0.25) is 0 Å². The second-order valence-electron chi connectivity index (χ2n) is 7.25. The Kier molecular flexibility index (Phi) is 8.46. The number of hydrogen-bond donors (Lipinski definition) is 1. The molecule has 174 valence electrons. The molecule has 3 rings (SSSR count). The third-order valence-corrected chi connectivity index (χ3v) is 6.18. The van der Waals surface area contributed by atoms with Crippen molar-refractivity contribution in [2.45, 2.75) is 33.1 Å². The number of carbonyl (C=O) groups is 1. The number of nitrogens with zero attached hydrogens (tertiary/aromatic N) is 3. The summed E-state index contributed by atoms with van der Waals surface area (Å²) in [4.78, 5) is 28.9. The fraction of sp³-hybridized carbons (Fsp3) is 0.304. The van der Waals surface area contributed by atoms with Crippen LogP contribution in [0.1, 0.15) is 44.5 Å². The van der Waals surface area contributed by atoms with Gasteiger partial charge in [-0.05, 0) is 71.8 Å². The molecule has 0 saturated carbocycles. The number of carboxylic acids is 1. The lowest BCUT2D eigenvalue weighted by molar-refractivity contribution is -0.139. The lowest BCUT2D eigenvalue weighted by Crippen LogP contribution is -2.23. The Morgan fingerprint density at radius 3 is 2.73 bits per heavy atom. The fourth-order valence-electron chi connectivity index (χ4n) is 3.10. The second-order valence-corrected chi connectivity index (χ2v) is 9.33. The second kappa shape index (κ2) is 11.1. The van der Waals surface area contributed by atoms with E-state index in [-0.39, 0.29) is 11.5 Å². The minimum atomic E-state index is -1.08. The van der Waals surface area contributed by atoms with E-state index in [1.165, 1.54) is 4.68 Å². The number of rotatable bonds is 9. The van der Waals surface area contributed by atoms with E-state index >= 15 is 0 Å². The van der Waals surface area contributed by atoms with Crippen LogP contribution >= 0.6 is 38.5 Å². The van der Waals surface area contributed by atoms with Gasteiger partial charge in [0.15, 0.2) is 18.1 Å². The van der Waals surface area contributed by atoms with Crippen molar-refractivity contribution in [2.75, 3.05) is 13.2 Å². The van der Waals surface area contributed by atoms with E-state index in [1.807, 2.05) is 32.9 Å². The molecule has 1 atom stereocenters. The highest BCUT2D eigenvalue weighted by Crippen LogP contribution is 2.34. The number of carboxylic acid groups (broad SMARTS) is 1. The van der Waals surface area contributed by atoms with Crippen molar-refractivity contribution >= 4 is 61.6 Å². The molecule has 0 aliphatic heterocycles. The number of benzene rings is 2. The van der Waals surface area contributed by atoms with Crippen LogP contribution in [-0.4, -0.2) is 40.2 Å². The van der Waals surface area contributed by atoms with Gasteiger partial charge in [-0.15, -0.1) is 0 Å². The topological polar surface area (TPSA) is 103 Å². The van der Waals surface area contributed by atoms with Crippen LogP contribution in [0, 0.1) is 3.57 Å². The summed E-state index contributed by atoms with van der Waals surface area (Å²) in [6.45, 7) is 5.76. The van der Waals surface area contributed by atoms with Gasteiger partial charge in [0.05, 0.1) is 27.3 Å². The normalized spacial score (nSPS) is 12.3. The minimum absolute atomic E-state index is 0.0220. The monoisotopic (exact) mass is 627 g/mol. The van der Waals surface area contributed by atoms with E-state index in [0.29, 0.717) is 44.0 Å². The Morgan fingerprint density at radius 1 is 1.30 bits per heavy atom. The quantitative estimate of drug-likeness (QED) is 0.264. The summed E-state index contributed by atoms with van der Waals surface area (Å²) >= 11 is 5.46. The van der Waals surface area contributed by atoms with Gasteiger partial charge in [-0.3, -0.25) is 4.79 Å². The maximum atomic E-state index is 13.3. The van der Waals surface area contributed by atoms with Crippen molar-refractivity contribution in [3.8, 4) is 11.5 Å². The highest BCUT2D eigenvalue weighted by molar-refractivity contribution is 14.1. The van der Waals surface area contributed by atoms with E-state index in [1.54, 1.807) is 24.4 Å². The molecule has 8 nitrogen and oxygen atoms in total. The van der Waals surface area contributed by atoms with Crippen LogP contribution in [-0.2, 0) is 4.79 Å². The van der Waals surface area contributed by atoms with Gasteiger partial charge < -0.3 is 14.6 Å². The molecule has 1 N–H and O–H groups in total. The standard InChI is InChI=1S/C23H23BrIN3O5/c1-4-13(3)22-27-18-7-6-15(24)10-16(18)23(31)28(22)26-11-14-8-17(25)21(33-12-20(29)30)19(9-14)32-5-2/h6-11,13H,4-5,12H2,1-3H3,(H,29,30)/t13-/m0/s1. The van der Waals surface area contributed by atoms with Crippen LogP contribution < -0.4 is 15.0 Å². The van der Waals surface area contributed by atoms with Gasteiger partial charge >= 0.3 is 5.97 Å². The Balaban J connectivity index is 2.10. The third kappa shape index (κ3) is 5.91. The molecule has 0 aliphatic carbocycles. The van der Waals surface area contributed by atoms with Crippen LogP contribution in [0.4, 0.5) is 0 Å². The number of hydrogen-bond acceptors (Lipinski definition) is 6. The zero-order valence-corrected chi connectivity index (χ0v) is 22.1. The number of aliphatic carboxylic acids is 1. The zero-order chi connectivity index (χ0) is 24.1. The summed E-state index contributed by atoms with van der Waals surface area (Å²) in [6.07, 6.45) is 2.36. The Labute approximate surface area is 212 Å². The van der Waals surface area contributed by atoms with Crippen molar-refractivity contribution in [3.63, 3.8) is 0 Å². The first kappa shape index (κ1) is 25.2. The maximum absolute atomic E-state index is 13.3. The number of fused-ring (bicyclic) bond motifs is 1. The van der Waals surface area contributed by atoms with Gasteiger partial charge in [-0.25, -0.2) is 9.78 Å². The predicted molar refractivity (Wildman–Crippen MR) is 139 cm³/mol. The smallest absolute Gasteiger partial charge is 0.341 e. The first-order chi connectivity index (χ1) is 15.7. The van der Waals surface area contributed by atoms with Gasteiger partial charge in [0.25, 0.3) is 5.56 Å². The van der Waals surface area contributed by atoms with Crippen LogP contribution in [0.5, 0.6) is 11.5 Å². The van der Waals surface area contributed by atoms with Gasteiger partial charge in [0, 0.05) is 10.4 Å². The van der Waals surface area contributed by atoms with Crippen LogP contribution in [0.2, 0.25) is 0 Å². The molecule has 10 heteroatoms. The molecule has 0 saturated heterocycles. The molecule has 0 bridgehead atoms. The molecule has 1 aromatic heterocycles. The van der Waals surface area contributed by atoms with Crippen molar-refractivity contribution in [2.24, 2.45) is 5.10 Å². The predicted octanol–water partition coefficient (Wildman–Crippen LogP) is 5.02. The largest absolute Gasteiger partial charge is 0.490 e. The summed E-state index contributed by atoms with van der Waals surface area (Å²) in [5, 5.41) is 13.9. The third-order valence-electron chi connectivity index (χ3n) is 4.88. The first-order valence-electron chi connectivity index (χ1n) is 10.3. The fourth-order valence-corrected chi connectivity index (χ4v) is 4.25. The molecule has 0 fully saturated rings. The lowest BCUT2D eigenvalue weighted by atomic mass is 10.1. The maximum Gasteiger partial charge on any atom is 0.341 e. The SMILES string of the molecule is CCOc1cc(C=Nn2c([C@@H](C)CC)nc3ccc(Br)cc3c2=O)cc(I)c1OCC(=O)O. The Hall–Kier alpha value is -2.47. The molecule has 1 heterocycles. The molecule has 3 aromatic rings. The number of ether oxygens (including phenoxy) is 2. The van der Waals surface area contributed by atoms with Crippen molar-refractivity contribution in [3.05, 3.63) is 60.1 Å². The number of aromatic nitrogens is 2. The Morgan fingerprint density at radius 2 is 2.06 bits per heavy atom. The highest BCUT2D eigenvalue weighted by Gasteiger charge is 2.17. The van der Waals surface area contributed by atoms with E-state index < -0.39 is 12.6 Å². The van der Waals surface area contributed by atoms with Crippen LogP contribution in [0.3, 0.4) is 0 Å². The minimum Gasteiger partial charge on any atom is -0.490 e. The number of halogens is 2. The lowest BCUT2D eigenvalue weighted by Gasteiger charge is -2.15. The van der Waals surface area contributed by atoms with Gasteiger partial charge in [-0.1, -0.05) is 29.8 Å². The van der Waals surface area contributed by atoms with Crippen molar-refractivity contribution in [1.82, 2.24) is 9.66 Å². The molecule has 0 radical (unpaired) electrons. The highest BCUT2D eigenvalue weighted by atomic mass is 127. The van der Waals surface area contributed by atoms with Gasteiger partial charge in [-0.2, -0.15) is 9.78 Å². The summed E-state index contributed by atoms with van der Waals surface area (Å²) < 4.78 is 13.8. The summed E-state index contributed by atoms with van der Waals surface area (Å²) in [5.74, 6) is 0.281. The molecule has 0 spiro atoms. The Bertz CT molecular complexity index is 1280. The van der Waals surface area contributed by atoms with Crippen molar-refractivity contribution in [1.29, 1.82) is 0 Å². The van der Waals surface area contributed by atoms with E-state index in [4.69, 9.17) is 19.6 Å². The van der Waals surface area contributed by atoms with E-state index in [0.717, 1.165) is 10.9 Å². The van der Waals surface area contributed by atoms with Gasteiger partial charge in [0.1, 0.15) is 5.82 Å². The molecular formula is C23H23BrIN3O5. The molecule has 0 aliphatic rings. The average Bonchev–Trinajstić information content (AvgIpc) is 2.77. The molecular weight excluding hydrogens is 605 g/mol. The summed E-state index contributed by atoms with van der Waals surface area (Å²) in [6, 6.07) is 8.89. The molecule has 0 unspecified atom stereocenters.